The van der Waals surface area contributed by atoms with Crippen LogP contribution in [0.3, 0.4) is 0 Å². The topological polar surface area (TPSA) is 117 Å². The lowest BCUT2D eigenvalue weighted by Gasteiger charge is -2.20. The summed E-state index contributed by atoms with van der Waals surface area (Å²) in [5.74, 6) is -1.20. The van der Waals surface area contributed by atoms with Crippen molar-refractivity contribution in [1.29, 1.82) is 0 Å². The van der Waals surface area contributed by atoms with Gasteiger partial charge in [0.15, 0.2) is 4.21 Å². The first-order chi connectivity index (χ1) is 8.12. The average Bonchev–Trinajstić information content (AvgIpc) is 2.61. The maximum Gasteiger partial charge on any atom is 0.306 e. The third-order valence-electron chi connectivity index (χ3n) is 2.04. The van der Waals surface area contributed by atoms with Gasteiger partial charge < -0.3 is 10.2 Å². The van der Waals surface area contributed by atoms with Crippen LogP contribution in [0, 0.1) is 6.92 Å². The number of carbonyl (C=O) groups is 1. The minimum Gasteiger partial charge on any atom is -0.481 e. The number of rotatable bonds is 6. The quantitative estimate of drug-likeness (QED) is 0.677. The molecule has 102 valence electrons. The highest BCUT2D eigenvalue weighted by molar-refractivity contribution is 7.91. The summed E-state index contributed by atoms with van der Waals surface area (Å²) < 4.78 is 25.8. The highest BCUT2D eigenvalue weighted by Gasteiger charge is 2.27. The molecule has 0 fully saturated rings. The van der Waals surface area contributed by atoms with Gasteiger partial charge in [0.05, 0.1) is 23.2 Å². The Kier molecular flexibility index (Phi) is 4.43. The number of aliphatic carboxylic acids is 1. The number of carboxylic acids is 1. The fraction of sp³-hybridized carbons (Fsp3) is 0.556. The first-order valence-electron chi connectivity index (χ1n) is 4.99. The molecule has 1 unspecified atom stereocenters. The fourth-order valence-corrected chi connectivity index (χ4v) is 3.49. The lowest BCUT2D eigenvalue weighted by atomic mass is 10.0. The smallest absolute Gasteiger partial charge is 0.306 e. The molecule has 3 N–H and O–H groups in total. The monoisotopic (exact) mass is 294 g/mol. The van der Waals surface area contributed by atoms with E-state index in [0.717, 1.165) is 11.3 Å². The van der Waals surface area contributed by atoms with E-state index in [9.17, 15) is 18.3 Å². The van der Waals surface area contributed by atoms with Gasteiger partial charge in [-0.2, -0.15) is 0 Å². The van der Waals surface area contributed by atoms with E-state index < -0.39 is 28.0 Å². The van der Waals surface area contributed by atoms with Gasteiger partial charge >= 0.3 is 5.97 Å². The Morgan fingerprint density at radius 1 is 1.61 bits per heavy atom. The lowest BCUT2D eigenvalue weighted by Crippen LogP contribution is -2.41. The molecule has 1 aromatic heterocycles. The average molecular weight is 294 g/mol. The molecule has 18 heavy (non-hydrogen) atoms. The number of nitrogens with zero attached hydrogens (tertiary/aromatic N) is 1. The first-order valence-corrected chi connectivity index (χ1v) is 7.29. The van der Waals surface area contributed by atoms with Gasteiger partial charge in [-0.05, 0) is 13.8 Å². The van der Waals surface area contributed by atoms with E-state index in [4.69, 9.17) is 5.11 Å². The van der Waals surface area contributed by atoms with Gasteiger partial charge in [0.25, 0.3) is 10.0 Å². The van der Waals surface area contributed by atoms with Crippen LogP contribution in [0.4, 0.5) is 0 Å². The number of aromatic nitrogens is 1. The number of nitrogens with one attached hydrogen (secondary N) is 1. The van der Waals surface area contributed by atoms with Crippen LogP contribution >= 0.6 is 11.3 Å². The third kappa shape index (κ3) is 4.33. The number of aliphatic hydroxyl groups is 1. The predicted octanol–water partition coefficient (Wildman–Crippen LogP) is -0.0445. The molecule has 0 radical (unpaired) electrons. The second kappa shape index (κ2) is 5.31. The summed E-state index contributed by atoms with van der Waals surface area (Å²) in [4.78, 5) is 14.3. The SMILES string of the molecule is Cc1ncc(S(=O)(=O)NCC(C)(O)CC(=O)O)s1. The summed E-state index contributed by atoms with van der Waals surface area (Å²) >= 11 is 1.000. The molecule has 0 saturated carbocycles. The van der Waals surface area contributed by atoms with E-state index in [1.54, 1.807) is 6.92 Å². The van der Waals surface area contributed by atoms with E-state index in [0.29, 0.717) is 5.01 Å². The molecule has 0 spiro atoms. The highest BCUT2D eigenvalue weighted by atomic mass is 32.2. The van der Waals surface area contributed by atoms with Crippen molar-refractivity contribution in [3.63, 3.8) is 0 Å². The maximum absolute atomic E-state index is 11.8. The Bertz CT molecular complexity index is 535. The number of hydrogen-bond donors (Lipinski definition) is 3. The normalized spacial score (nSPS) is 15.3. The van der Waals surface area contributed by atoms with Crippen LogP contribution in [0.15, 0.2) is 10.4 Å². The first kappa shape index (κ1) is 15.0. The molecule has 0 aliphatic carbocycles. The maximum atomic E-state index is 11.8. The van der Waals surface area contributed by atoms with Crippen molar-refractivity contribution in [2.24, 2.45) is 0 Å². The zero-order valence-electron chi connectivity index (χ0n) is 9.87. The van der Waals surface area contributed by atoms with Crippen LogP contribution < -0.4 is 4.72 Å². The van der Waals surface area contributed by atoms with Gasteiger partial charge in [0.2, 0.25) is 0 Å². The summed E-state index contributed by atoms with van der Waals surface area (Å²) in [6.45, 7) is 2.55. The molecular weight excluding hydrogens is 280 g/mol. The molecule has 0 bridgehead atoms. The second-order valence-corrected chi connectivity index (χ2v) is 7.32. The van der Waals surface area contributed by atoms with Crippen molar-refractivity contribution in [1.82, 2.24) is 9.71 Å². The van der Waals surface area contributed by atoms with Gasteiger partial charge in [-0.3, -0.25) is 4.79 Å². The molecule has 0 amide bonds. The third-order valence-corrected chi connectivity index (χ3v) is 4.82. The summed E-state index contributed by atoms with van der Waals surface area (Å²) in [5, 5.41) is 18.8. The number of hydrogen-bond acceptors (Lipinski definition) is 6. The van der Waals surface area contributed by atoms with Crippen molar-refractivity contribution >= 4 is 27.3 Å². The van der Waals surface area contributed by atoms with Crippen molar-refractivity contribution in [3.05, 3.63) is 11.2 Å². The Labute approximate surface area is 109 Å². The minimum absolute atomic E-state index is 0.0334. The molecule has 0 aromatic carbocycles. The highest BCUT2D eigenvalue weighted by Crippen LogP contribution is 2.18. The number of aryl methyl sites for hydroxylation is 1. The van der Waals surface area contributed by atoms with Crippen molar-refractivity contribution in [2.45, 2.75) is 30.1 Å². The van der Waals surface area contributed by atoms with Crippen molar-refractivity contribution in [2.75, 3.05) is 6.54 Å². The van der Waals surface area contributed by atoms with Crippen LogP contribution in [0.5, 0.6) is 0 Å². The van der Waals surface area contributed by atoms with E-state index in [1.165, 1.54) is 13.1 Å². The summed E-state index contributed by atoms with van der Waals surface area (Å²) in [5.41, 5.74) is -1.64. The van der Waals surface area contributed by atoms with Crippen LogP contribution in [0.25, 0.3) is 0 Å². The van der Waals surface area contributed by atoms with Crippen LogP contribution in [0.2, 0.25) is 0 Å². The van der Waals surface area contributed by atoms with E-state index >= 15 is 0 Å². The Hall–Kier alpha value is -1.03. The summed E-state index contributed by atoms with van der Waals surface area (Å²) in [6, 6.07) is 0. The largest absolute Gasteiger partial charge is 0.481 e. The molecule has 1 heterocycles. The molecule has 9 heteroatoms. The summed E-state index contributed by atoms with van der Waals surface area (Å²) in [6.07, 6.45) is 0.672. The van der Waals surface area contributed by atoms with E-state index in [2.05, 4.69) is 9.71 Å². The standard InChI is InChI=1S/C9H14N2O5S2/c1-6-10-4-8(17-6)18(15,16)11-5-9(2,14)3-7(12)13/h4,11,14H,3,5H2,1-2H3,(H,12,13). The van der Waals surface area contributed by atoms with Gasteiger partial charge in [0.1, 0.15) is 0 Å². The Balaban J connectivity index is 2.71. The van der Waals surface area contributed by atoms with Gasteiger partial charge in [-0.1, -0.05) is 0 Å². The van der Waals surface area contributed by atoms with Gasteiger partial charge in [0, 0.05) is 6.54 Å². The molecule has 1 atom stereocenters. The van der Waals surface area contributed by atoms with Crippen LogP contribution in [-0.2, 0) is 14.8 Å². The zero-order chi connectivity index (χ0) is 14.0. The molecule has 7 nitrogen and oxygen atoms in total. The fourth-order valence-electron chi connectivity index (χ4n) is 1.18. The lowest BCUT2D eigenvalue weighted by molar-refractivity contribution is -0.141. The molecule has 1 rings (SSSR count). The van der Waals surface area contributed by atoms with E-state index in [1.807, 2.05) is 0 Å². The van der Waals surface area contributed by atoms with Crippen molar-refractivity contribution in [3.8, 4) is 0 Å². The Morgan fingerprint density at radius 3 is 2.67 bits per heavy atom. The Morgan fingerprint density at radius 2 is 2.22 bits per heavy atom. The van der Waals surface area contributed by atoms with Gasteiger partial charge in [-0.25, -0.2) is 18.1 Å². The minimum atomic E-state index is -3.76. The van der Waals surface area contributed by atoms with Crippen LogP contribution in [0.1, 0.15) is 18.4 Å². The van der Waals surface area contributed by atoms with Crippen molar-refractivity contribution < 1.29 is 23.4 Å². The van der Waals surface area contributed by atoms with Crippen LogP contribution in [-0.4, -0.2) is 41.7 Å². The van der Waals surface area contributed by atoms with Gasteiger partial charge in [-0.15, -0.1) is 11.3 Å². The molecule has 0 aliphatic heterocycles. The predicted molar refractivity (Wildman–Crippen MR) is 64.9 cm³/mol. The summed E-state index contributed by atoms with van der Waals surface area (Å²) in [7, 11) is -3.76. The second-order valence-electron chi connectivity index (χ2n) is 4.09. The number of sulfonamides is 1. The van der Waals surface area contributed by atoms with E-state index in [-0.39, 0.29) is 10.8 Å². The number of carboxylic acid groups (broad SMARTS) is 1. The molecule has 0 aliphatic rings. The molecule has 0 saturated heterocycles. The molecule has 1 aromatic rings. The zero-order valence-corrected chi connectivity index (χ0v) is 11.5. The molecular formula is C9H14N2O5S2. The number of thiazole rings is 1.